The van der Waals surface area contributed by atoms with Crippen molar-refractivity contribution in [2.24, 2.45) is 0 Å². The topological polar surface area (TPSA) is 42.0 Å². The van der Waals surface area contributed by atoms with Gasteiger partial charge in [0, 0.05) is 22.8 Å². The van der Waals surface area contributed by atoms with E-state index in [0.717, 1.165) is 27.7 Å². The molecule has 4 aromatic rings. The van der Waals surface area contributed by atoms with E-state index in [1.165, 1.54) is 0 Å². The van der Waals surface area contributed by atoms with Crippen LogP contribution < -0.4 is 5.32 Å². The quantitative estimate of drug-likeness (QED) is 0.566. The van der Waals surface area contributed by atoms with Crippen LogP contribution in [0.5, 0.6) is 0 Å². The Bertz CT molecular complexity index is 1020. The lowest BCUT2D eigenvalue weighted by Gasteiger charge is -2.08. The van der Waals surface area contributed by atoms with Crippen LogP contribution in [-0.2, 0) is 0 Å². The molecule has 0 aliphatic rings. The third kappa shape index (κ3) is 3.26. The van der Waals surface area contributed by atoms with Crippen molar-refractivity contribution in [2.45, 2.75) is 0 Å². The standard InChI is InChI=1S/C22H16N2O/c25-22(19-10-13-21-18(15-19)7-4-14-23-21)24-20-11-8-17(9-12-20)16-5-2-1-3-6-16/h1-15H,(H,24,25). The minimum atomic E-state index is -0.127. The van der Waals surface area contributed by atoms with Gasteiger partial charge in [-0.05, 0) is 47.5 Å². The van der Waals surface area contributed by atoms with Gasteiger partial charge in [-0.1, -0.05) is 48.5 Å². The molecule has 1 heterocycles. The number of amides is 1. The van der Waals surface area contributed by atoms with Gasteiger partial charge in [0.25, 0.3) is 5.91 Å². The minimum Gasteiger partial charge on any atom is -0.322 e. The normalized spacial score (nSPS) is 10.6. The number of carbonyl (C=O) groups is 1. The summed E-state index contributed by atoms with van der Waals surface area (Å²) in [7, 11) is 0. The van der Waals surface area contributed by atoms with E-state index in [1.54, 1.807) is 12.3 Å². The Morgan fingerprint density at radius 3 is 2.32 bits per heavy atom. The predicted octanol–water partition coefficient (Wildman–Crippen LogP) is 5.15. The second kappa shape index (κ2) is 6.57. The highest BCUT2D eigenvalue weighted by atomic mass is 16.1. The van der Waals surface area contributed by atoms with Crippen molar-refractivity contribution in [1.82, 2.24) is 4.98 Å². The number of hydrogen-bond acceptors (Lipinski definition) is 2. The van der Waals surface area contributed by atoms with E-state index < -0.39 is 0 Å². The van der Waals surface area contributed by atoms with Gasteiger partial charge in [-0.3, -0.25) is 9.78 Å². The summed E-state index contributed by atoms with van der Waals surface area (Å²) in [6.07, 6.45) is 1.75. The van der Waals surface area contributed by atoms with Gasteiger partial charge >= 0.3 is 0 Å². The van der Waals surface area contributed by atoms with Crippen LogP contribution in [-0.4, -0.2) is 10.9 Å². The largest absolute Gasteiger partial charge is 0.322 e. The van der Waals surface area contributed by atoms with Gasteiger partial charge in [0.2, 0.25) is 0 Å². The zero-order chi connectivity index (χ0) is 17.1. The fraction of sp³-hybridized carbons (Fsp3) is 0. The average molecular weight is 324 g/mol. The molecule has 0 bridgehead atoms. The first-order valence-electron chi connectivity index (χ1n) is 8.11. The summed E-state index contributed by atoms with van der Waals surface area (Å²) in [6, 6.07) is 27.3. The number of pyridine rings is 1. The number of benzene rings is 3. The van der Waals surface area contributed by atoms with Gasteiger partial charge in [0.05, 0.1) is 5.52 Å². The van der Waals surface area contributed by atoms with Gasteiger partial charge in [0.15, 0.2) is 0 Å². The molecule has 3 aromatic carbocycles. The average Bonchev–Trinajstić information content (AvgIpc) is 2.69. The fourth-order valence-corrected chi connectivity index (χ4v) is 2.80. The summed E-state index contributed by atoms with van der Waals surface area (Å²) in [5.74, 6) is -0.127. The second-order valence-electron chi connectivity index (χ2n) is 5.81. The Morgan fingerprint density at radius 1 is 0.760 bits per heavy atom. The van der Waals surface area contributed by atoms with Crippen LogP contribution in [0.3, 0.4) is 0 Å². The molecular weight excluding hydrogens is 308 g/mol. The Kier molecular flexibility index (Phi) is 3.97. The first kappa shape index (κ1) is 15.1. The summed E-state index contributed by atoms with van der Waals surface area (Å²) >= 11 is 0. The van der Waals surface area contributed by atoms with E-state index in [0.29, 0.717) is 5.56 Å². The molecule has 0 atom stereocenters. The summed E-state index contributed by atoms with van der Waals surface area (Å²) in [6.45, 7) is 0. The van der Waals surface area contributed by atoms with Gasteiger partial charge in [0.1, 0.15) is 0 Å². The zero-order valence-electron chi connectivity index (χ0n) is 13.5. The lowest BCUT2D eigenvalue weighted by Crippen LogP contribution is -2.11. The number of carbonyl (C=O) groups excluding carboxylic acids is 1. The van der Waals surface area contributed by atoms with Crippen LogP contribution >= 0.6 is 0 Å². The van der Waals surface area contributed by atoms with Crippen molar-refractivity contribution in [1.29, 1.82) is 0 Å². The van der Waals surface area contributed by atoms with E-state index in [-0.39, 0.29) is 5.91 Å². The van der Waals surface area contributed by atoms with E-state index in [9.17, 15) is 4.79 Å². The molecule has 1 amide bonds. The minimum absolute atomic E-state index is 0.127. The van der Waals surface area contributed by atoms with E-state index >= 15 is 0 Å². The highest BCUT2D eigenvalue weighted by Gasteiger charge is 2.07. The molecule has 4 rings (SSSR count). The third-order valence-corrected chi connectivity index (χ3v) is 4.12. The molecule has 0 aliphatic heterocycles. The van der Waals surface area contributed by atoms with Crippen molar-refractivity contribution in [3.8, 4) is 11.1 Å². The van der Waals surface area contributed by atoms with Crippen molar-refractivity contribution in [3.63, 3.8) is 0 Å². The molecule has 120 valence electrons. The van der Waals surface area contributed by atoms with Crippen molar-refractivity contribution < 1.29 is 4.79 Å². The number of fused-ring (bicyclic) bond motifs is 1. The number of anilines is 1. The maximum atomic E-state index is 12.5. The lowest BCUT2D eigenvalue weighted by molar-refractivity contribution is 0.102. The molecule has 3 heteroatoms. The summed E-state index contributed by atoms with van der Waals surface area (Å²) in [4.78, 5) is 16.8. The van der Waals surface area contributed by atoms with Crippen molar-refractivity contribution in [2.75, 3.05) is 5.32 Å². The summed E-state index contributed by atoms with van der Waals surface area (Å²) < 4.78 is 0. The molecule has 0 radical (unpaired) electrons. The van der Waals surface area contributed by atoms with Gasteiger partial charge in [-0.25, -0.2) is 0 Å². The Labute approximate surface area is 146 Å². The van der Waals surface area contributed by atoms with Crippen LogP contribution in [0.4, 0.5) is 5.69 Å². The number of rotatable bonds is 3. The molecule has 1 aromatic heterocycles. The molecule has 3 nitrogen and oxygen atoms in total. The molecule has 25 heavy (non-hydrogen) atoms. The van der Waals surface area contributed by atoms with Crippen molar-refractivity contribution in [3.05, 3.63) is 96.7 Å². The molecule has 0 unspecified atom stereocenters. The molecule has 0 saturated carbocycles. The zero-order valence-corrected chi connectivity index (χ0v) is 13.5. The predicted molar refractivity (Wildman–Crippen MR) is 102 cm³/mol. The monoisotopic (exact) mass is 324 g/mol. The Hall–Kier alpha value is -3.46. The summed E-state index contributed by atoms with van der Waals surface area (Å²) in [5, 5.41) is 3.90. The third-order valence-electron chi connectivity index (χ3n) is 4.12. The van der Waals surface area contributed by atoms with Crippen LogP contribution in [0.15, 0.2) is 91.1 Å². The fourth-order valence-electron chi connectivity index (χ4n) is 2.80. The Morgan fingerprint density at radius 2 is 1.52 bits per heavy atom. The molecule has 1 N–H and O–H groups in total. The second-order valence-corrected chi connectivity index (χ2v) is 5.81. The number of nitrogens with one attached hydrogen (secondary N) is 1. The van der Waals surface area contributed by atoms with Crippen LogP contribution in [0.1, 0.15) is 10.4 Å². The highest BCUT2D eigenvalue weighted by molar-refractivity contribution is 6.06. The van der Waals surface area contributed by atoms with Crippen LogP contribution in [0.2, 0.25) is 0 Å². The van der Waals surface area contributed by atoms with E-state index in [4.69, 9.17) is 0 Å². The first-order valence-corrected chi connectivity index (χ1v) is 8.11. The molecular formula is C22H16N2O. The van der Waals surface area contributed by atoms with Crippen LogP contribution in [0, 0.1) is 0 Å². The molecule has 0 aliphatic carbocycles. The molecule has 0 fully saturated rings. The smallest absolute Gasteiger partial charge is 0.255 e. The van der Waals surface area contributed by atoms with Crippen molar-refractivity contribution >= 4 is 22.5 Å². The summed E-state index contributed by atoms with van der Waals surface area (Å²) in [5.41, 5.74) is 4.55. The van der Waals surface area contributed by atoms with E-state index in [2.05, 4.69) is 22.4 Å². The maximum absolute atomic E-state index is 12.5. The van der Waals surface area contributed by atoms with Crippen LogP contribution in [0.25, 0.3) is 22.0 Å². The molecule has 0 saturated heterocycles. The highest BCUT2D eigenvalue weighted by Crippen LogP contribution is 2.21. The molecule has 0 spiro atoms. The number of aromatic nitrogens is 1. The van der Waals surface area contributed by atoms with Gasteiger partial charge in [-0.2, -0.15) is 0 Å². The lowest BCUT2D eigenvalue weighted by atomic mass is 10.1. The SMILES string of the molecule is O=C(Nc1ccc(-c2ccccc2)cc1)c1ccc2ncccc2c1. The number of hydrogen-bond donors (Lipinski definition) is 1. The van der Waals surface area contributed by atoms with Gasteiger partial charge in [-0.15, -0.1) is 0 Å². The first-order chi connectivity index (χ1) is 12.3. The maximum Gasteiger partial charge on any atom is 0.255 e. The Balaban J connectivity index is 1.53. The number of nitrogens with zero attached hydrogens (tertiary/aromatic N) is 1. The van der Waals surface area contributed by atoms with E-state index in [1.807, 2.05) is 66.7 Å². The van der Waals surface area contributed by atoms with Gasteiger partial charge < -0.3 is 5.32 Å².